The van der Waals surface area contributed by atoms with E-state index in [0.29, 0.717) is 5.69 Å². The maximum absolute atomic E-state index is 12.3. The Kier molecular flexibility index (Phi) is 5.99. The van der Waals surface area contributed by atoms with E-state index >= 15 is 0 Å². The number of carbonyl (C=O) groups excluding carboxylic acids is 1. The van der Waals surface area contributed by atoms with Crippen molar-refractivity contribution in [3.8, 4) is 0 Å². The third-order valence-corrected chi connectivity index (χ3v) is 5.55. The second-order valence-corrected chi connectivity index (χ2v) is 8.08. The van der Waals surface area contributed by atoms with E-state index in [9.17, 15) is 13.2 Å². The number of furan rings is 1. The molecule has 0 aliphatic rings. The van der Waals surface area contributed by atoms with Gasteiger partial charge < -0.3 is 9.73 Å². The summed E-state index contributed by atoms with van der Waals surface area (Å²) in [7, 11) is -0.628. The number of rotatable bonds is 7. The molecule has 0 fully saturated rings. The fourth-order valence-corrected chi connectivity index (χ4v) is 3.21. The maximum Gasteiger partial charge on any atom is 0.242 e. The summed E-state index contributed by atoms with van der Waals surface area (Å²) in [5, 5.41) is 5.86. The predicted molar refractivity (Wildman–Crippen MR) is 95.7 cm³/mol. The molecule has 0 aliphatic heterocycles. The van der Waals surface area contributed by atoms with E-state index in [1.807, 2.05) is 13.0 Å². The smallest absolute Gasteiger partial charge is 0.242 e. The van der Waals surface area contributed by atoms with E-state index in [4.69, 9.17) is 4.42 Å². The van der Waals surface area contributed by atoms with Crippen LogP contribution < -0.4 is 10.6 Å². The highest BCUT2D eigenvalue weighted by Crippen LogP contribution is 2.18. The van der Waals surface area contributed by atoms with Gasteiger partial charge in [0, 0.05) is 19.8 Å². The van der Waals surface area contributed by atoms with Crippen LogP contribution >= 0.6 is 0 Å². The molecular formula is C17H23N3O4S. The standard InChI is InChI=1S/C17H23N3O4S/c1-12(16-9-6-10-24-16)18-13(2)17(21)19-14-7-5-8-15(11-14)25(22,23)20(3)4/h5-13,18H,1-4H3,(H,19,21)/t12-,13+/m0/s1. The van der Waals surface area contributed by atoms with Gasteiger partial charge in [-0.25, -0.2) is 12.7 Å². The molecule has 0 radical (unpaired) electrons. The average molecular weight is 365 g/mol. The van der Waals surface area contributed by atoms with Gasteiger partial charge in [0.1, 0.15) is 5.76 Å². The molecule has 136 valence electrons. The van der Waals surface area contributed by atoms with Gasteiger partial charge >= 0.3 is 0 Å². The molecule has 0 aliphatic carbocycles. The molecule has 0 bridgehead atoms. The zero-order valence-electron chi connectivity index (χ0n) is 14.7. The van der Waals surface area contributed by atoms with Crippen molar-refractivity contribution < 1.29 is 17.6 Å². The summed E-state index contributed by atoms with van der Waals surface area (Å²) in [5.74, 6) is 0.469. The summed E-state index contributed by atoms with van der Waals surface area (Å²) < 4.78 is 30.8. The minimum atomic E-state index is -3.55. The Labute approximate surface area is 148 Å². The number of hydrogen-bond acceptors (Lipinski definition) is 5. The summed E-state index contributed by atoms with van der Waals surface area (Å²) in [5.41, 5.74) is 0.423. The van der Waals surface area contributed by atoms with E-state index in [0.717, 1.165) is 10.1 Å². The molecule has 1 aromatic heterocycles. The van der Waals surface area contributed by atoms with Gasteiger partial charge in [0.05, 0.1) is 23.2 Å². The van der Waals surface area contributed by atoms with E-state index < -0.39 is 16.1 Å². The van der Waals surface area contributed by atoms with Crippen LogP contribution in [0.2, 0.25) is 0 Å². The lowest BCUT2D eigenvalue weighted by molar-refractivity contribution is -0.118. The Morgan fingerprint density at radius 2 is 1.88 bits per heavy atom. The molecule has 7 nitrogen and oxygen atoms in total. The Bertz CT molecular complexity index is 816. The first-order chi connectivity index (χ1) is 11.7. The van der Waals surface area contributed by atoms with Crippen LogP contribution in [-0.4, -0.2) is 38.8 Å². The van der Waals surface area contributed by atoms with Gasteiger partial charge in [-0.1, -0.05) is 6.07 Å². The van der Waals surface area contributed by atoms with Crippen LogP contribution in [-0.2, 0) is 14.8 Å². The number of sulfonamides is 1. The molecule has 1 aromatic carbocycles. The van der Waals surface area contributed by atoms with Crippen LogP contribution in [0.4, 0.5) is 5.69 Å². The van der Waals surface area contributed by atoms with Crippen LogP contribution in [0, 0.1) is 0 Å². The molecule has 2 N–H and O–H groups in total. The van der Waals surface area contributed by atoms with Gasteiger partial charge in [-0.05, 0) is 44.2 Å². The van der Waals surface area contributed by atoms with Crippen LogP contribution in [0.5, 0.6) is 0 Å². The second kappa shape index (κ2) is 7.81. The number of anilines is 1. The van der Waals surface area contributed by atoms with E-state index in [1.54, 1.807) is 31.4 Å². The van der Waals surface area contributed by atoms with Gasteiger partial charge in [-0.3, -0.25) is 10.1 Å². The molecule has 1 heterocycles. The first kappa shape index (κ1) is 19.2. The molecular weight excluding hydrogens is 342 g/mol. The molecule has 2 aromatic rings. The van der Waals surface area contributed by atoms with Gasteiger partial charge in [-0.15, -0.1) is 0 Å². The molecule has 0 spiro atoms. The Balaban J connectivity index is 2.05. The number of carbonyl (C=O) groups is 1. The van der Waals surface area contributed by atoms with Crippen LogP contribution in [0.3, 0.4) is 0 Å². The summed E-state index contributed by atoms with van der Waals surface area (Å²) in [6.07, 6.45) is 1.58. The fourth-order valence-electron chi connectivity index (χ4n) is 2.27. The molecule has 0 unspecified atom stereocenters. The van der Waals surface area contributed by atoms with Crippen LogP contribution in [0.15, 0.2) is 52.0 Å². The minimum absolute atomic E-state index is 0.125. The van der Waals surface area contributed by atoms with Crippen molar-refractivity contribution in [2.75, 3.05) is 19.4 Å². The van der Waals surface area contributed by atoms with Gasteiger partial charge in [0.25, 0.3) is 0 Å². The SMILES string of the molecule is C[C@H](N[C@H](C)C(=O)Nc1cccc(S(=O)(=O)N(C)C)c1)c1ccco1. The number of nitrogens with zero attached hydrogens (tertiary/aromatic N) is 1. The Hall–Kier alpha value is -2.16. The van der Waals surface area contributed by atoms with Crippen LogP contribution in [0.25, 0.3) is 0 Å². The Morgan fingerprint density at radius 3 is 2.48 bits per heavy atom. The molecule has 1 amide bonds. The summed E-state index contributed by atoms with van der Waals surface area (Å²) in [6.45, 7) is 3.63. The highest BCUT2D eigenvalue weighted by atomic mass is 32.2. The predicted octanol–water partition coefficient (Wildman–Crippen LogP) is 2.21. The molecule has 8 heteroatoms. The van der Waals surface area contributed by atoms with Crippen molar-refractivity contribution in [2.45, 2.75) is 30.8 Å². The number of amides is 1. The molecule has 0 saturated heterocycles. The monoisotopic (exact) mass is 365 g/mol. The van der Waals surface area contributed by atoms with E-state index in [1.165, 1.54) is 26.2 Å². The Morgan fingerprint density at radius 1 is 1.16 bits per heavy atom. The highest BCUT2D eigenvalue weighted by molar-refractivity contribution is 7.89. The van der Waals surface area contributed by atoms with Gasteiger partial charge in [0.2, 0.25) is 15.9 Å². The number of hydrogen-bond donors (Lipinski definition) is 2. The largest absolute Gasteiger partial charge is 0.468 e. The normalized spacial score (nSPS) is 14.3. The van der Waals surface area contributed by atoms with Gasteiger partial charge in [0.15, 0.2) is 0 Å². The third kappa shape index (κ3) is 4.68. The summed E-state index contributed by atoms with van der Waals surface area (Å²) >= 11 is 0. The van der Waals surface area contributed by atoms with Crippen LogP contribution in [0.1, 0.15) is 25.6 Å². The number of nitrogens with one attached hydrogen (secondary N) is 2. The van der Waals surface area contributed by atoms with Crippen molar-refractivity contribution in [3.05, 3.63) is 48.4 Å². The van der Waals surface area contributed by atoms with Gasteiger partial charge in [-0.2, -0.15) is 0 Å². The summed E-state index contributed by atoms with van der Waals surface area (Å²) in [6, 6.07) is 9.17. The topological polar surface area (TPSA) is 91.7 Å². The lowest BCUT2D eigenvalue weighted by Gasteiger charge is -2.18. The van der Waals surface area contributed by atoms with Crippen molar-refractivity contribution >= 4 is 21.6 Å². The average Bonchev–Trinajstić information content (AvgIpc) is 3.09. The molecule has 2 rings (SSSR count). The maximum atomic E-state index is 12.3. The van der Waals surface area contributed by atoms with E-state index in [-0.39, 0.29) is 16.8 Å². The first-order valence-corrected chi connectivity index (χ1v) is 9.28. The van der Waals surface area contributed by atoms with E-state index in [2.05, 4.69) is 10.6 Å². The molecule has 0 saturated carbocycles. The zero-order chi connectivity index (χ0) is 18.6. The fraction of sp³-hybridized carbons (Fsp3) is 0.353. The lowest BCUT2D eigenvalue weighted by atomic mass is 10.2. The first-order valence-electron chi connectivity index (χ1n) is 7.84. The van der Waals surface area contributed by atoms with Crippen molar-refractivity contribution in [1.29, 1.82) is 0 Å². The third-order valence-electron chi connectivity index (χ3n) is 3.74. The lowest BCUT2D eigenvalue weighted by Crippen LogP contribution is -2.39. The van der Waals surface area contributed by atoms with Crippen molar-refractivity contribution in [1.82, 2.24) is 9.62 Å². The quantitative estimate of drug-likeness (QED) is 0.785. The summed E-state index contributed by atoms with van der Waals surface area (Å²) in [4.78, 5) is 12.5. The zero-order valence-corrected chi connectivity index (χ0v) is 15.5. The van der Waals surface area contributed by atoms with Crippen molar-refractivity contribution in [2.24, 2.45) is 0 Å². The second-order valence-electron chi connectivity index (χ2n) is 5.93. The molecule has 2 atom stereocenters. The minimum Gasteiger partial charge on any atom is -0.468 e. The van der Waals surface area contributed by atoms with Crippen molar-refractivity contribution in [3.63, 3.8) is 0 Å². The highest BCUT2D eigenvalue weighted by Gasteiger charge is 2.20. The molecule has 25 heavy (non-hydrogen) atoms. The number of benzene rings is 1.